The van der Waals surface area contributed by atoms with Gasteiger partial charge in [-0.05, 0) is 57.0 Å². The molecular weight excluding hydrogens is 488 g/mol. The number of amides is 2. The molecule has 3 heterocycles. The third kappa shape index (κ3) is 4.60. The van der Waals surface area contributed by atoms with Gasteiger partial charge in [0.05, 0.1) is 28.6 Å². The van der Waals surface area contributed by atoms with E-state index in [2.05, 4.69) is 15.3 Å². The number of thiazole rings is 1. The number of anilines is 1. The first-order valence-corrected chi connectivity index (χ1v) is 12.9. The van der Waals surface area contributed by atoms with Crippen molar-refractivity contribution in [1.82, 2.24) is 24.6 Å². The van der Waals surface area contributed by atoms with E-state index in [1.54, 1.807) is 26.2 Å². The first-order valence-electron chi connectivity index (χ1n) is 12.1. The second-order valence-corrected chi connectivity index (χ2v) is 10.1. The van der Waals surface area contributed by atoms with Gasteiger partial charge < -0.3 is 15.0 Å². The second kappa shape index (κ2) is 9.78. The number of fused-ring (bicyclic) bond motifs is 3. The smallest absolute Gasteiger partial charge is 0.253 e. The van der Waals surface area contributed by atoms with Gasteiger partial charge in [-0.2, -0.15) is 5.10 Å². The van der Waals surface area contributed by atoms with Crippen LogP contribution in [0, 0.1) is 6.92 Å². The summed E-state index contributed by atoms with van der Waals surface area (Å²) < 4.78 is 7.90. The highest BCUT2D eigenvalue weighted by Gasteiger charge is 2.31. The summed E-state index contributed by atoms with van der Waals surface area (Å²) in [5, 5.41) is 8.46. The number of ether oxygens (including phenoxy) is 1. The maximum Gasteiger partial charge on any atom is 0.253 e. The third-order valence-electron chi connectivity index (χ3n) is 6.12. The summed E-state index contributed by atoms with van der Waals surface area (Å²) >= 11 is 1.44. The quantitative estimate of drug-likeness (QED) is 0.404. The SMILES string of the molecule is CCOc1cc(C(=O)N(C)C)ccc1-n1nc(-c2ccc(C)nc2)c2c1-c1sc(NC(C)=O)nc1CC2. The molecule has 190 valence electrons. The maximum atomic E-state index is 12.7. The van der Waals surface area contributed by atoms with E-state index in [1.165, 1.54) is 23.2 Å². The molecule has 9 nitrogen and oxygen atoms in total. The molecule has 0 radical (unpaired) electrons. The molecule has 0 spiro atoms. The van der Waals surface area contributed by atoms with Crippen molar-refractivity contribution in [2.75, 3.05) is 26.0 Å². The summed E-state index contributed by atoms with van der Waals surface area (Å²) in [6.07, 6.45) is 3.33. The number of benzene rings is 1. The van der Waals surface area contributed by atoms with E-state index in [0.717, 1.165) is 57.3 Å². The van der Waals surface area contributed by atoms with Crippen molar-refractivity contribution in [3.05, 3.63) is 59.0 Å². The first kappa shape index (κ1) is 24.6. The zero-order valence-electron chi connectivity index (χ0n) is 21.5. The summed E-state index contributed by atoms with van der Waals surface area (Å²) in [4.78, 5) is 36.0. The number of carbonyl (C=O) groups excluding carboxylic acids is 2. The van der Waals surface area contributed by atoms with E-state index in [4.69, 9.17) is 9.84 Å². The van der Waals surface area contributed by atoms with Crippen LogP contribution in [0.4, 0.5) is 5.13 Å². The Morgan fingerprint density at radius 3 is 2.68 bits per heavy atom. The zero-order chi connectivity index (χ0) is 26.3. The molecule has 5 rings (SSSR count). The Hall–Kier alpha value is -4.05. The number of pyridine rings is 1. The van der Waals surface area contributed by atoms with Gasteiger partial charge in [0.15, 0.2) is 5.13 Å². The molecule has 0 saturated carbocycles. The molecule has 0 unspecified atom stereocenters. The summed E-state index contributed by atoms with van der Waals surface area (Å²) in [5.74, 6) is 0.296. The number of aryl methyl sites for hydroxylation is 2. The van der Waals surface area contributed by atoms with Crippen molar-refractivity contribution >= 4 is 28.3 Å². The molecular formula is C27H28N6O3S. The highest BCUT2D eigenvalue weighted by Crippen LogP contribution is 2.45. The number of carbonyl (C=O) groups is 2. The molecule has 0 atom stereocenters. The molecule has 4 aromatic rings. The molecule has 1 aliphatic rings. The third-order valence-corrected chi connectivity index (χ3v) is 7.14. The van der Waals surface area contributed by atoms with Crippen LogP contribution in [0.1, 0.15) is 41.2 Å². The number of nitrogens with one attached hydrogen (secondary N) is 1. The van der Waals surface area contributed by atoms with Crippen LogP contribution in [0.2, 0.25) is 0 Å². The zero-order valence-corrected chi connectivity index (χ0v) is 22.3. The fourth-order valence-corrected chi connectivity index (χ4v) is 5.56. The Morgan fingerprint density at radius 2 is 2.00 bits per heavy atom. The highest BCUT2D eigenvalue weighted by molar-refractivity contribution is 7.19. The predicted molar refractivity (Wildman–Crippen MR) is 144 cm³/mol. The van der Waals surface area contributed by atoms with Gasteiger partial charge >= 0.3 is 0 Å². The van der Waals surface area contributed by atoms with Crippen molar-refractivity contribution in [2.24, 2.45) is 0 Å². The number of aromatic nitrogens is 4. The minimum Gasteiger partial charge on any atom is -0.492 e. The molecule has 2 amide bonds. The second-order valence-electron chi connectivity index (χ2n) is 9.07. The monoisotopic (exact) mass is 516 g/mol. The Morgan fingerprint density at radius 1 is 1.19 bits per heavy atom. The van der Waals surface area contributed by atoms with Gasteiger partial charge in [-0.1, -0.05) is 11.3 Å². The summed E-state index contributed by atoms with van der Waals surface area (Å²) in [6, 6.07) is 9.44. The topological polar surface area (TPSA) is 102 Å². The molecule has 0 bridgehead atoms. The maximum absolute atomic E-state index is 12.7. The van der Waals surface area contributed by atoms with Crippen LogP contribution in [-0.4, -0.2) is 57.2 Å². The fourth-order valence-electron chi connectivity index (χ4n) is 4.44. The molecule has 1 N–H and O–H groups in total. The lowest BCUT2D eigenvalue weighted by atomic mass is 9.95. The largest absolute Gasteiger partial charge is 0.492 e. The van der Waals surface area contributed by atoms with Gasteiger partial charge in [-0.15, -0.1) is 0 Å². The van der Waals surface area contributed by atoms with Crippen LogP contribution in [0.3, 0.4) is 0 Å². The van der Waals surface area contributed by atoms with E-state index in [-0.39, 0.29) is 11.8 Å². The van der Waals surface area contributed by atoms with Crippen LogP contribution in [0.5, 0.6) is 5.75 Å². The minimum atomic E-state index is -0.161. The standard InChI is InChI=1S/C27H28N6O3S/c1-6-36-22-13-17(26(35)32(4)5)9-12-21(22)33-24-19(23(31-33)18-8-7-15(2)28-14-18)10-11-20-25(24)37-27(30-20)29-16(3)34/h7-9,12-14H,6,10-11H2,1-5H3,(H,29,30,34). The van der Waals surface area contributed by atoms with Crippen molar-refractivity contribution < 1.29 is 14.3 Å². The van der Waals surface area contributed by atoms with E-state index in [1.807, 2.05) is 42.9 Å². The minimum absolute atomic E-state index is 0.105. The van der Waals surface area contributed by atoms with E-state index >= 15 is 0 Å². The number of hydrogen-bond acceptors (Lipinski definition) is 7. The van der Waals surface area contributed by atoms with Gasteiger partial charge in [-0.3, -0.25) is 14.6 Å². The Kier molecular flexibility index (Phi) is 6.51. The van der Waals surface area contributed by atoms with Gasteiger partial charge in [0.25, 0.3) is 5.91 Å². The molecule has 1 aromatic carbocycles. The van der Waals surface area contributed by atoms with E-state index < -0.39 is 0 Å². The lowest BCUT2D eigenvalue weighted by Crippen LogP contribution is -2.21. The average molecular weight is 517 g/mol. The fraction of sp³-hybridized carbons (Fsp3) is 0.296. The van der Waals surface area contributed by atoms with Crippen LogP contribution in [-0.2, 0) is 17.6 Å². The molecule has 0 saturated heterocycles. The van der Waals surface area contributed by atoms with Crippen molar-refractivity contribution in [3.8, 4) is 33.3 Å². The Labute approximate surface area is 219 Å². The molecule has 37 heavy (non-hydrogen) atoms. The summed E-state index contributed by atoms with van der Waals surface area (Å²) in [6.45, 7) is 5.77. The molecule has 1 aliphatic carbocycles. The van der Waals surface area contributed by atoms with E-state index in [9.17, 15) is 9.59 Å². The van der Waals surface area contributed by atoms with Crippen molar-refractivity contribution in [3.63, 3.8) is 0 Å². The van der Waals surface area contributed by atoms with Gasteiger partial charge in [0.1, 0.15) is 11.4 Å². The number of hydrogen-bond donors (Lipinski definition) is 1. The summed E-state index contributed by atoms with van der Waals surface area (Å²) in [7, 11) is 3.45. The predicted octanol–water partition coefficient (Wildman–Crippen LogP) is 4.52. The Bertz CT molecular complexity index is 1500. The van der Waals surface area contributed by atoms with Crippen LogP contribution >= 0.6 is 11.3 Å². The van der Waals surface area contributed by atoms with Gasteiger partial charge in [-0.25, -0.2) is 9.67 Å². The number of nitrogens with zero attached hydrogens (tertiary/aromatic N) is 5. The first-order chi connectivity index (χ1) is 17.8. The molecule has 0 aliphatic heterocycles. The van der Waals surface area contributed by atoms with Gasteiger partial charge in [0.2, 0.25) is 5.91 Å². The lowest BCUT2D eigenvalue weighted by Gasteiger charge is -2.17. The van der Waals surface area contributed by atoms with Crippen LogP contribution < -0.4 is 10.1 Å². The summed E-state index contributed by atoms with van der Waals surface area (Å²) in [5.41, 5.74) is 6.89. The molecule has 3 aromatic heterocycles. The normalized spacial score (nSPS) is 12.0. The molecule has 0 fully saturated rings. The van der Waals surface area contributed by atoms with Crippen molar-refractivity contribution in [1.29, 1.82) is 0 Å². The molecule has 10 heteroatoms. The van der Waals surface area contributed by atoms with Crippen molar-refractivity contribution in [2.45, 2.75) is 33.6 Å². The lowest BCUT2D eigenvalue weighted by molar-refractivity contribution is -0.114. The van der Waals surface area contributed by atoms with Crippen LogP contribution in [0.15, 0.2) is 36.5 Å². The van der Waals surface area contributed by atoms with Gasteiger partial charge in [0, 0.05) is 49.6 Å². The Balaban J connectivity index is 1.74. The average Bonchev–Trinajstić information content (AvgIpc) is 3.44. The number of rotatable bonds is 6. The van der Waals surface area contributed by atoms with E-state index in [0.29, 0.717) is 23.1 Å². The van der Waals surface area contributed by atoms with Crippen LogP contribution in [0.25, 0.3) is 27.5 Å². The highest BCUT2D eigenvalue weighted by atomic mass is 32.1.